The van der Waals surface area contributed by atoms with E-state index in [2.05, 4.69) is 21.2 Å². The van der Waals surface area contributed by atoms with E-state index in [1.54, 1.807) is 19.1 Å². The molecule has 1 aromatic carbocycles. The van der Waals surface area contributed by atoms with Gasteiger partial charge in [-0.05, 0) is 53.4 Å². The second-order valence-corrected chi connectivity index (χ2v) is 5.41. The van der Waals surface area contributed by atoms with Gasteiger partial charge in [-0.2, -0.15) is 0 Å². The molecule has 1 atom stereocenters. The molecule has 0 saturated heterocycles. The monoisotopic (exact) mass is 287 g/mol. The Labute approximate surface area is 103 Å². The topological polar surface area (TPSA) is 32.3 Å². The highest BCUT2D eigenvalue weighted by Crippen LogP contribution is 2.26. The molecule has 4 heteroatoms. The van der Waals surface area contributed by atoms with Crippen molar-refractivity contribution in [1.82, 2.24) is 5.32 Å². The van der Waals surface area contributed by atoms with Gasteiger partial charge in [-0.15, -0.1) is 0 Å². The highest BCUT2D eigenvalue weighted by atomic mass is 79.9. The van der Waals surface area contributed by atoms with E-state index >= 15 is 0 Å². The SMILES string of the molecule is CC(O)(CNC1CC1)c1ccc(F)c(Br)c1. The van der Waals surface area contributed by atoms with Crippen LogP contribution in [0.25, 0.3) is 0 Å². The van der Waals surface area contributed by atoms with E-state index in [-0.39, 0.29) is 5.82 Å². The first-order valence-corrected chi connectivity index (χ1v) is 6.19. The Balaban J connectivity index is 2.09. The summed E-state index contributed by atoms with van der Waals surface area (Å²) in [6.45, 7) is 2.23. The van der Waals surface area contributed by atoms with Gasteiger partial charge in [-0.25, -0.2) is 4.39 Å². The third-order valence-electron chi connectivity index (χ3n) is 2.85. The smallest absolute Gasteiger partial charge is 0.137 e. The maximum atomic E-state index is 13.1. The van der Waals surface area contributed by atoms with Crippen LogP contribution in [0.5, 0.6) is 0 Å². The van der Waals surface area contributed by atoms with Crippen molar-refractivity contribution in [2.75, 3.05) is 6.54 Å². The zero-order valence-electron chi connectivity index (χ0n) is 9.13. The van der Waals surface area contributed by atoms with Crippen LogP contribution in [0.2, 0.25) is 0 Å². The Kier molecular flexibility index (Phi) is 3.33. The standard InChI is InChI=1S/C12H15BrFNO/c1-12(16,7-15-9-3-4-9)8-2-5-11(14)10(13)6-8/h2,5-6,9,15-16H,3-4,7H2,1H3. The van der Waals surface area contributed by atoms with E-state index in [0.29, 0.717) is 22.6 Å². The zero-order chi connectivity index (χ0) is 11.8. The lowest BCUT2D eigenvalue weighted by molar-refractivity contribution is 0.0565. The molecule has 16 heavy (non-hydrogen) atoms. The Morgan fingerprint density at radius 3 is 2.81 bits per heavy atom. The predicted molar refractivity (Wildman–Crippen MR) is 64.7 cm³/mol. The summed E-state index contributed by atoms with van der Waals surface area (Å²) in [6, 6.07) is 5.17. The highest BCUT2D eigenvalue weighted by molar-refractivity contribution is 9.10. The molecule has 0 radical (unpaired) electrons. The summed E-state index contributed by atoms with van der Waals surface area (Å²) < 4.78 is 13.5. The summed E-state index contributed by atoms with van der Waals surface area (Å²) in [4.78, 5) is 0. The van der Waals surface area contributed by atoms with E-state index in [4.69, 9.17) is 0 Å². The fourth-order valence-electron chi connectivity index (χ4n) is 1.56. The van der Waals surface area contributed by atoms with Gasteiger partial charge in [0.1, 0.15) is 5.82 Å². The highest BCUT2D eigenvalue weighted by Gasteiger charge is 2.28. The lowest BCUT2D eigenvalue weighted by atomic mass is 9.96. The van der Waals surface area contributed by atoms with Crippen LogP contribution in [0.3, 0.4) is 0 Å². The normalized spacial score (nSPS) is 19.5. The second-order valence-electron chi connectivity index (χ2n) is 4.56. The number of aliphatic hydroxyl groups is 1. The Morgan fingerprint density at radius 2 is 2.25 bits per heavy atom. The van der Waals surface area contributed by atoms with E-state index < -0.39 is 5.60 Å². The van der Waals surface area contributed by atoms with Gasteiger partial charge in [0.25, 0.3) is 0 Å². The molecule has 1 saturated carbocycles. The summed E-state index contributed by atoms with van der Waals surface area (Å²) in [5, 5.41) is 13.5. The minimum atomic E-state index is -0.960. The van der Waals surface area contributed by atoms with Crippen LogP contribution in [0.1, 0.15) is 25.3 Å². The average Bonchev–Trinajstić information content (AvgIpc) is 3.03. The fraction of sp³-hybridized carbons (Fsp3) is 0.500. The summed E-state index contributed by atoms with van der Waals surface area (Å²) in [6.07, 6.45) is 2.37. The summed E-state index contributed by atoms with van der Waals surface area (Å²) in [7, 11) is 0. The Bertz CT molecular complexity index is 391. The lowest BCUT2D eigenvalue weighted by Crippen LogP contribution is -2.36. The molecule has 0 amide bonds. The Hall–Kier alpha value is -0.450. The molecular weight excluding hydrogens is 273 g/mol. The largest absolute Gasteiger partial charge is 0.384 e. The van der Waals surface area contributed by atoms with Crippen molar-refractivity contribution in [1.29, 1.82) is 0 Å². The first-order chi connectivity index (χ1) is 7.49. The number of rotatable bonds is 4. The molecule has 0 bridgehead atoms. The quantitative estimate of drug-likeness (QED) is 0.892. The van der Waals surface area contributed by atoms with Crippen LogP contribution in [-0.2, 0) is 5.60 Å². The van der Waals surface area contributed by atoms with Crippen molar-refractivity contribution in [2.24, 2.45) is 0 Å². The van der Waals surface area contributed by atoms with E-state index in [9.17, 15) is 9.50 Å². The summed E-state index contributed by atoms with van der Waals surface area (Å²) in [5.41, 5.74) is -0.243. The molecule has 1 fully saturated rings. The molecule has 88 valence electrons. The molecule has 0 aromatic heterocycles. The van der Waals surface area contributed by atoms with E-state index in [1.165, 1.54) is 18.9 Å². The maximum absolute atomic E-state index is 13.1. The number of nitrogens with one attached hydrogen (secondary N) is 1. The second kappa shape index (κ2) is 4.43. The van der Waals surface area contributed by atoms with Gasteiger partial charge in [-0.1, -0.05) is 6.07 Å². The minimum absolute atomic E-state index is 0.310. The summed E-state index contributed by atoms with van der Waals surface area (Å²) in [5.74, 6) is -0.310. The number of halogens is 2. The first-order valence-electron chi connectivity index (χ1n) is 5.40. The lowest BCUT2D eigenvalue weighted by Gasteiger charge is -2.24. The molecule has 1 aromatic rings. The van der Waals surface area contributed by atoms with Crippen LogP contribution in [0, 0.1) is 5.82 Å². The average molecular weight is 288 g/mol. The molecule has 2 N–H and O–H groups in total. The molecular formula is C12H15BrFNO. The first kappa shape index (κ1) is 12.0. The maximum Gasteiger partial charge on any atom is 0.137 e. The van der Waals surface area contributed by atoms with Crippen molar-refractivity contribution in [2.45, 2.75) is 31.4 Å². The van der Waals surface area contributed by atoms with Gasteiger partial charge in [0, 0.05) is 12.6 Å². The van der Waals surface area contributed by atoms with Crippen LogP contribution < -0.4 is 5.32 Å². The fourth-order valence-corrected chi connectivity index (χ4v) is 1.94. The van der Waals surface area contributed by atoms with Crippen LogP contribution in [0.15, 0.2) is 22.7 Å². The molecule has 0 spiro atoms. The number of hydrogen-bond donors (Lipinski definition) is 2. The third kappa shape index (κ3) is 2.81. The van der Waals surface area contributed by atoms with E-state index in [1.807, 2.05) is 0 Å². The molecule has 1 aliphatic rings. The van der Waals surface area contributed by atoms with Crippen molar-refractivity contribution < 1.29 is 9.50 Å². The van der Waals surface area contributed by atoms with Crippen molar-refractivity contribution in [3.8, 4) is 0 Å². The van der Waals surface area contributed by atoms with Crippen molar-refractivity contribution in [3.63, 3.8) is 0 Å². The molecule has 1 aliphatic carbocycles. The third-order valence-corrected chi connectivity index (χ3v) is 3.46. The molecule has 0 aliphatic heterocycles. The van der Waals surface area contributed by atoms with Gasteiger partial charge >= 0.3 is 0 Å². The van der Waals surface area contributed by atoms with Gasteiger partial charge < -0.3 is 10.4 Å². The summed E-state index contributed by atoms with van der Waals surface area (Å²) >= 11 is 3.12. The van der Waals surface area contributed by atoms with Crippen LogP contribution in [-0.4, -0.2) is 17.7 Å². The van der Waals surface area contributed by atoms with Crippen molar-refractivity contribution >= 4 is 15.9 Å². The predicted octanol–water partition coefficient (Wildman–Crippen LogP) is 2.55. The van der Waals surface area contributed by atoms with Gasteiger partial charge in [0.05, 0.1) is 10.1 Å². The Morgan fingerprint density at radius 1 is 1.56 bits per heavy atom. The van der Waals surface area contributed by atoms with Crippen molar-refractivity contribution in [3.05, 3.63) is 34.1 Å². The van der Waals surface area contributed by atoms with Gasteiger partial charge in [-0.3, -0.25) is 0 Å². The van der Waals surface area contributed by atoms with Crippen LogP contribution in [0.4, 0.5) is 4.39 Å². The molecule has 1 unspecified atom stereocenters. The molecule has 2 rings (SSSR count). The zero-order valence-corrected chi connectivity index (χ0v) is 10.7. The van der Waals surface area contributed by atoms with Crippen LogP contribution >= 0.6 is 15.9 Å². The minimum Gasteiger partial charge on any atom is -0.384 e. The van der Waals surface area contributed by atoms with Gasteiger partial charge in [0.2, 0.25) is 0 Å². The molecule has 2 nitrogen and oxygen atoms in total. The number of hydrogen-bond acceptors (Lipinski definition) is 2. The van der Waals surface area contributed by atoms with E-state index in [0.717, 1.165) is 0 Å². The van der Waals surface area contributed by atoms with Gasteiger partial charge in [0.15, 0.2) is 0 Å². The number of benzene rings is 1. The molecule has 0 heterocycles.